The molecule has 0 atom stereocenters. The second kappa shape index (κ2) is 4.47. The van der Waals surface area contributed by atoms with Crippen LogP contribution in [0.15, 0.2) is 30.5 Å². The summed E-state index contributed by atoms with van der Waals surface area (Å²) < 4.78 is 0. The van der Waals surface area contributed by atoms with E-state index in [1.165, 1.54) is 0 Å². The van der Waals surface area contributed by atoms with Crippen molar-refractivity contribution in [3.05, 3.63) is 40.6 Å². The summed E-state index contributed by atoms with van der Waals surface area (Å²) >= 11 is 0. The van der Waals surface area contributed by atoms with Crippen molar-refractivity contribution in [1.29, 1.82) is 0 Å². The van der Waals surface area contributed by atoms with Gasteiger partial charge in [0.25, 0.3) is 0 Å². The molecule has 0 bridgehead atoms. The number of fused-ring (bicyclic) bond motifs is 1. The topological polar surface area (TPSA) is 71.3 Å². The van der Waals surface area contributed by atoms with Crippen LogP contribution < -0.4 is 10.2 Å². The molecule has 1 aromatic heterocycles. The largest absolute Gasteiger partial charge is 0.363 e. The van der Waals surface area contributed by atoms with Gasteiger partial charge < -0.3 is 10.2 Å². The number of aromatic nitrogens is 1. The normalized spacial score (nSPS) is 15.2. The summed E-state index contributed by atoms with van der Waals surface area (Å²) in [5, 5.41) is 15.2. The number of pyridine rings is 1. The first-order chi connectivity index (χ1) is 9.18. The molecule has 1 aliphatic rings. The molecule has 98 valence electrons. The molecule has 1 saturated heterocycles. The summed E-state index contributed by atoms with van der Waals surface area (Å²) in [5.41, 5.74) is 1.44. The number of nitrogens with one attached hydrogen (secondary N) is 1. The van der Waals surface area contributed by atoms with E-state index in [9.17, 15) is 10.1 Å². The Kier molecular flexibility index (Phi) is 2.79. The second-order valence-electron chi connectivity index (χ2n) is 4.68. The van der Waals surface area contributed by atoms with E-state index in [4.69, 9.17) is 0 Å². The van der Waals surface area contributed by atoms with Crippen molar-refractivity contribution in [2.24, 2.45) is 0 Å². The van der Waals surface area contributed by atoms with Crippen LogP contribution in [0.4, 0.5) is 11.4 Å². The molecular formula is C13H14N4O2. The fourth-order valence-corrected chi connectivity index (χ4v) is 2.35. The molecular weight excluding hydrogens is 244 g/mol. The Morgan fingerprint density at radius 3 is 2.84 bits per heavy atom. The summed E-state index contributed by atoms with van der Waals surface area (Å²) in [6, 6.07) is 7.40. The van der Waals surface area contributed by atoms with E-state index in [0.29, 0.717) is 22.6 Å². The summed E-state index contributed by atoms with van der Waals surface area (Å²) in [6.07, 6.45) is 1.64. The Morgan fingerprint density at radius 1 is 1.42 bits per heavy atom. The SMILES string of the molecule is CN(c1ccc2ncccc2c1[N+](=O)[O-])C1CNC1. The zero-order valence-electron chi connectivity index (χ0n) is 10.5. The van der Waals surface area contributed by atoms with Crippen LogP contribution in [0.25, 0.3) is 10.9 Å². The first kappa shape index (κ1) is 11.9. The first-order valence-corrected chi connectivity index (χ1v) is 6.14. The van der Waals surface area contributed by atoms with Crippen molar-refractivity contribution in [2.75, 3.05) is 25.0 Å². The monoisotopic (exact) mass is 258 g/mol. The highest BCUT2D eigenvalue weighted by atomic mass is 16.6. The predicted molar refractivity (Wildman–Crippen MR) is 73.5 cm³/mol. The molecule has 3 rings (SSSR count). The lowest BCUT2D eigenvalue weighted by molar-refractivity contribution is -0.382. The van der Waals surface area contributed by atoms with Crippen molar-refractivity contribution < 1.29 is 4.92 Å². The van der Waals surface area contributed by atoms with Gasteiger partial charge >= 0.3 is 5.69 Å². The molecule has 2 heterocycles. The molecule has 6 heteroatoms. The van der Waals surface area contributed by atoms with Crippen LogP contribution >= 0.6 is 0 Å². The third-order valence-electron chi connectivity index (χ3n) is 3.61. The Labute approximate surface area is 110 Å². The lowest BCUT2D eigenvalue weighted by Crippen LogP contribution is -2.56. The molecule has 0 radical (unpaired) electrons. The molecule has 1 fully saturated rings. The first-order valence-electron chi connectivity index (χ1n) is 6.14. The van der Waals surface area contributed by atoms with Gasteiger partial charge in [0.15, 0.2) is 0 Å². The zero-order chi connectivity index (χ0) is 13.4. The maximum atomic E-state index is 11.4. The van der Waals surface area contributed by atoms with Crippen molar-refractivity contribution in [2.45, 2.75) is 6.04 Å². The van der Waals surface area contributed by atoms with Crippen molar-refractivity contribution >= 4 is 22.3 Å². The van der Waals surface area contributed by atoms with E-state index >= 15 is 0 Å². The number of likely N-dealkylation sites (N-methyl/N-ethyl adjacent to an activating group) is 1. The van der Waals surface area contributed by atoms with Gasteiger partial charge in [-0.1, -0.05) is 0 Å². The minimum Gasteiger partial charge on any atom is -0.363 e. The Hall–Kier alpha value is -2.21. The zero-order valence-corrected chi connectivity index (χ0v) is 10.5. The minimum absolute atomic E-state index is 0.139. The van der Waals surface area contributed by atoms with Gasteiger partial charge in [-0.25, -0.2) is 0 Å². The van der Waals surface area contributed by atoms with Crippen molar-refractivity contribution in [1.82, 2.24) is 10.3 Å². The van der Waals surface area contributed by atoms with E-state index in [0.717, 1.165) is 13.1 Å². The second-order valence-corrected chi connectivity index (χ2v) is 4.68. The van der Waals surface area contributed by atoms with Gasteiger partial charge in [-0.2, -0.15) is 0 Å². The van der Waals surface area contributed by atoms with E-state index in [1.54, 1.807) is 24.4 Å². The van der Waals surface area contributed by atoms with E-state index < -0.39 is 0 Å². The van der Waals surface area contributed by atoms with Gasteiger partial charge in [0.2, 0.25) is 0 Å². The maximum absolute atomic E-state index is 11.4. The summed E-state index contributed by atoms with van der Waals surface area (Å²) in [6.45, 7) is 1.72. The number of hydrogen-bond acceptors (Lipinski definition) is 5. The van der Waals surface area contributed by atoms with E-state index in [1.807, 2.05) is 18.0 Å². The van der Waals surface area contributed by atoms with E-state index in [2.05, 4.69) is 10.3 Å². The lowest BCUT2D eigenvalue weighted by Gasteiger charge is -2.36. The van der Waals surface area contributed by atoms with Gasteiger partial charge in [0.05, 0.1) is 21.9 Å². The van der Waals surface area contributed by atoms with Gasteiger partial charge in [-0.05, 0) is 24.3 Å². The average molecular weight is 258 g/mol. The maximum Gasteiger partial charge on any atom is 0.301 e. The number of rotatable bonds is 3. The average Bonchev–Trinajstić information content (AvgIpc) is 2.35. The van der Waals surface area contributed by atoms with Crippen LogP contribution in [0.5, 0.6) is 0 Å². The molecule has 0 aliphatic carbocycles. The number of anilines is 1. The Bertz CT molecular complexity index is 640. The summed E-state index contributed by atoms with van der Waals surface area (Å²) in [4.78, 5) is 17.2. The van der Waals surface area contributed by atoms with Gasteiger partial charge in [0.1, 0.15) is 5.69 Å². The fourth-order valence-electron chi connectivity index (χ4n) is 2.35. The lowest BCUT2D eigenvalue weighted by atomic mass is 10.1. The molecule has 2 aromatic rings. The molecule has 0 saturated carbocycles. The van der Waals surface area contributed by atoms with Crippen molar-refractivity contribution in [3.63, 3.8) is 0 Å². The van der Waals surface area contributed by atoms with Crippen LogP contribution in [-0.2, 0) is 0 Å². The van der Waals surface area contributed by atoms with Crippen LogP contribution in [0.3, 0.4) is 0 Å². The predicted octanol–water partition coefficient (Wildman–Crippen LogP) is 1.55. The third kappa shape index (κ3) is 1.90. The fraction of sp³-hybridized carbons (Fsp3) is 0.308. The highest BCUT2D eigenvalue weighted by Gasteiger charge is 2.28. The molecule has 19 heavy (non-hydrogen) atoms. The number of benzene rings is 1. The standard InChI is InChI=1S/C13H14N4O2/c1-16(9-7-14-8-9)12-5-4-11-10(3-2-6-15-11)13(12)17(18)19/h2-6,9,14H,7-8H2,1H3. The molecule has 1 aromatic carbocycles. The number of nitro groups is 1. The van der Waals surface area contributed by atoms with Crippen LogP contribution in [-0.4, -0.2) is 36.1 Å². The molecule has 1 aliphatic heterocycles. The highest BCUT2D eigenvalue weighted by molar-refractivity contribution is 5.94. The van der Waals surface area contributed by atoms with Gasteiger partial charge in [-0.15, -0.1) is 0 Å². The molecule has 6 nitrogen and oxygen atoms in total. The quantitative estimate of drug-likeness (QED) is 0.668. The van der Waals surface area contributed by atoms with Crippen molar-refractivity contribution in [3.8, 4) is 0 Å². The van der Waals surface area contributed by atoms with Crippen LogP contribution in [0.1, 0.15) is 0 Å². The number of nitro benzene ring substituents is 1. The third-order valence-corrected chi connectivity index (χ3v) is 3.61. The minimum atomic E-state index is -0.318. The van der Waals surface area contributed by atoms with Crippen LogP contribution in [0.2, 0.25) is 0 Å². The Balaban J connectivity index is 2.17. The van der Waals surface area contributed by atoms with Gasteiger partial charge in [0, 0.05) is 26.3 Å². The van der Waals surface area contributed by atoms with Gasteiger partial charge in [-0.3, -0.25) is 15.1 Å². The number of hydrogen-bond donors (Lipinski definition) is 1. The summed E-state index contributed by atoms with van der Waals surface area (Å²) in [5.74, 6) is 0. The smallest absolute Gasteiger partial charge is 0.301 e. The molecule has 0 amide bonds. The van der Waals surface area contributed by atoms with Crippen LogP contribution in [0, 0.1) is 10.1 Å². The Morgan fingerprint density at radius 2 is 2.21 bits per heavy atom. The molecule has 1 N–H and O–H groups in total. The highest BCUT2D eigenvalue weighted by Crippen LogP contribution is 2.35. The summed E-state index contributed by atoms with van der Waals surface area (Å²) in [7, 11) is 1.90. The van der Waals surface area contributed by atoms with E-state index in [-0.39, 0.29) is 10.6 Å². The number of nitrogens with zero attached hydrogens (tertiary/aromatic N) is 3. The molecule has 0 spiro atoms. The molecule has 0 unspecified atom stereocenters.